The lowest BCUT2D eigenvalue weighted by Crippen LogP contribution is -2.11. The second-order valence-electron chi connectivity index (χ2n) is 5.48. The van der Waals surface area contributed by atoms with E-state index in [1.807, 2.05) is 19.1 Å². The molecule has 2 aromatic rings. The number of aryl methyl sites for hydroxylation is 1. The fraction of sp³-hybridized carbons (Fsp3) is 0.438. The summed E-state index contributed by atoms with van der Waals surface area (Å²) in [7, 11) is 1.69. The van der Waals surface area contributed by atoms with Crippen molar-refractivity contribution in [3.63, 3.8) is 0 Å². The third kappa shape index (κ3) is 2.64. The van der Waals surface area contributed by atoms with E-state index in [4.69, 9.17) is 4.74 Å². The Morgan fingerprint density at radius 3 is 2.60 bits per heavy atom. The average molecular weight is 271 g/mol. The Balaban J connectivity index is 1.76. The van der Waals surface area contributed by atoms with Crippen molar-refractivity contribution in [1.29, 1.82) is 0 Å². The summed E-state index contributed by atoms with van der Waals surface area (Å²) in [5, 5.41) is 3.52. The van der Waals surface area contributed by atoms with Gasteiger partial charge in [0.05, 0.1) is 18.8 Å². The van der Waals surface area contributed by atoms with E-state index in [1.54, 1.807) is 7.11 Å². The number of anilines is 1. The van der Waals surface area contributed by atoms with Gasteiger partial charge in [-0.1, -0.05) is 12.1 Å². The number of rotatable bonds is 5. The Labute approximate surface area is 119 Å². The standard InChI is InChI=1S/C16H21N3O/c1-11-10-19(14-6-7-14)16(17-11)18-12(2)13-4-8-15(20-3)9-5-13/h4-5,8-10,12,14H,6-7H2,1-3H3,(H,17,18). The second-order valence-corrected chi connectivity index (χ2v) is 5.48. The topological polar surface area (TPSA) is 39.1 Å². The van der Waals surface area contributed by atoms with Crippen molar-refractivity contribution in [2.45, 2.75) is 38.8 Å². The molecule has 0 aliphatic heterocycles. The van der Waals surface area contributed by atoms with E-state index in [2.05, 4.69) is 40.1 Å². The first-order valence-corrected chi connectivity index (χ1v) is 7.13. The molecule has 1 N–H and O–H groups in total. The van der Waals surface area contributed by atoms with Crippen LogP contribution in [-0.4, -0.2) is 16.7 Å². The molecule has 4 nitrogen and oxygen atoms in total. The van der Waals surface area contributed by atoms with Gasteiger partial charge in [0.15, 0.2) is 0 Å². The van der Waals surface area contributed by atoms with Gasteiger partial charge in [0.1, 0.15) is 5.75 Å². The third-order valence-corrected chi connectivity index (χ3v) is 3.75. The maximum absolute atomic E-state index is 5.19. The summed E-state index contributed by atoms with van der Waals surface area (Å²) in [5.41, 5.74) is 2.30. The van der Waals surface area contributed by atoms with Crippen molar-refractivity contribution in [1.82, 2.24) is 9.55 Å². The number of benzene rings is 1. The van der Waals surface area contributed by atoms with Gasteiger partial charge in [-0.05, 0) is 44.4 Å². The monoisotopic (exact) mass is 271 g/mol. The number of hydrogen-bond donors (Lipinski definition) is 1. The third-order valence-electron chi connectivity index (χ3n) is 3.75. The van der Waals surface area contributed by atoms with Crippen LogP contribution in [0.2, 0.25) is 0 Å². The molecule has 4 heteroatoms. The predicted octanol–water partition coefficient (Wildman–Crippen LogP) is 3.71. The zero-order valence-corrected chi connectivity index (χ0v) is 12.3. The molecule has 1 atom stereocenters. The zero-order valence-electron chi connectivity index (χ0n) is 12.3. The summed E-state index contributed by atoms with van der Waals surface area (Å²) in [5.74, 6) is 1.87. The molecule has 1 saturated carbocycles. The Kier molecular flexibility index (Phi) is 3.38. The molecule has 1 heterocycles. The number of imidazole rings is 1. The number of ether oxygens (including phenoxy) is 1. The van der Waals surface area contributed by atoms with Crippen molar-refractivity contribution in [2.75, 3.05) is 12.4 Å². The highest BCUT2D eigenvalue weighted by atomic mass is 16.5. The lowest BCUT2D eigenvalue weighted by atomic mass is 10.1. The molecule has 0 bridgehead atoms. The molecule has 1 fully saturated rings. The SMILES string of the molecule is COc1ccc(C(C)Nc2nc(C)cn2C2CC2)cc1. The number of aromatic nitrogens is 2. The fourth-order valence-corrected chi connectivity index (χ4v) is 2.42. The quantitative estimate of drug-likeness (QED) is 0.901. The van der Waals surface area contributed by atoms with E-state index in [0.717, 1.165) is 17.4 Å². The Morgan fingerprint density at radius 2 is 2.00 bits per heavy atom. The summed E-state index contributed by atoms with van der Waals surface area (Å²) in [6, 6.07) is 9.03. The Hall–Kier alpha value is -1.97. The van der Waals surface area contributed by atoms with Gasteiger partial charge in [-0.2, -0.15) is 0 Å². The van der Waals surface area contributed by atoms with Crippen LogP contribution in [0.5, 0.6) is 5.75 Å². The number of methoxy groups -OCH3 is 1. The molecule has 0 saturated heterocycles. The summed E-state index contributed by atoms with van der Waals surface area (Å²) in [4.78, 5) is 4.60. The molecule has 1 aromatic heterocycles. The van der Waals surface area contributed by atoms with Gasteiger partial charge in [-0.3, -0.25) is 0 Å². The fourth-order valence-electron chi connectivity index (χ4n) is 2.42. The van der Waals surface area contributed by atoms with E-state index in [-0.39, 0.29) is 6.04 Å². The summed E-state index contributed by atoms with van der Waals surface area (Å²) in [6.45, 7) is 4.20. The second kappa shape index (κ2) is 5.19. The molecule has 0 spiro atoms. The van der Waals surface area contributed by atoms with Crippen molar-refractivity contribution >= 4 is 5.95 Å². The molecule has 0 radical (unpaired) electrons. The Bertz CT molecular complexity index is 584. The maximum Gasteiger partial charge on any atom is 0.203 e. The molecule has 0 amide bonds. The number of nitrogens with zero attached hydrogens (tertiary/aromatic N) is 2. The van der Waals surface area contributed by atoms with Crippen molar-refractivity contribution < 1.29 is 4.74 Å². The molecule has 20 heavy (non-hydrogen) atoms. The summed E-state index contributed by atoms with van der Waals surface area (Å²) < 4.78 is 7.47. The van der Waals surface area contributed by atoms with Gasteiger partial charge in [0.2, 0.25) is 5.95 Å². The number of hydrogen-bond acceptors (Lipinski definition) is 3. The van der Waals surface area contributed by atoms with E-state index in [0.29, 0.717) is 6.04 Å². The minimum absolute atomic E-state index is 0.222. The van der Waals surface area contributed by atoms with Crippen LogP contribution in [0.15, 0.2) is 30.5 Å². The van der Waals surface area contributed by atoms with Gasteiger partial charge < -0.3 is 14.6 Å². The van der Waals surface area contributed by atoms with Gasteiger partial charge >= 0.3 is 0 Å². The molecule has 1 aliphatic carbocycles. The summed E-state index contributed by atoms with van der Waals surface area (Å²) >= 11 is 0. The van der Waals surface area contributed by atoms with Crippen LogP contribution in [0.1, 0.15) is 43.1 Å². The normalized spacial score (nSPS) is 15.9. The van der Waals surface area contributed by atoms with Crippen LogP contribution in [0.4, 0.5) is 5.95 Å². The predicted molar refractivity (Wildman–Crippen MR) is 80.3 cm³/mol. The Morgan fingerprint density at radius 1 is 1.30 bits per heavy atom. The molecule has 1 aliphatic rings. The lowest BCUT2D eigenvalue weighted by Gasteiger charge is -2.16. The highest BCUT2D eigenvalue weighted by Gasteiger charge is 2.26. The lowest BCUT2D eigenvalue weighted by molar-refractivity contribution is 0.414. The van der Waals surface area contributed by atoms with Gasteiger partial charge in [0, 0.05) is 12.2 Å². The van der Waals surface area contributed by atoms with Crippen molar-refractivity contribution in [3.8, 4) is 5.75 Å². The van der Waals surface area contributed by atoms with E-state index < -0.39 is 0 Å². The van der Waals surface area contributed by atoms with Crippen molar-refractivity contribution in [3.05, 3.63) is 41.7 Å². The molecule has 3 rings (SSSR count). The molecular formula is C16H21N3O. The smallest absolute Gasteiger partial charge is 0.203 e. The largest absolute Gasteiger partial charge is 0.497 e. The first-order valence-electron chi connectivity index (χ1n) is 7.13. The van der Waals surface area contributed by atoms with Crippen LogP contribution >= 0.6 is 0 Å². The van der Waals surface area contributed by atoms with Gasteiger partial charge in [-0.25, -0.2) is 4.98 Å². The van der Waals surface area contributed by atoms with Gasteiger partial charge in [0.25, 0.3) is 0 Å². The molecular weight excluding hydrogens is 250 g/mol. The van der Waals surface area contributed by atoms with Gasteiger partial charge in [-0.15, -0.1) is 0 Å². The summed E-state index contributed by atoms with van der Waals surface area (Å²) in [6.07, 6.45) is 4.67. The first-order chi connectivity index (χ1) is 9.67. The molecule has 1 aromatic carbocycles. The van der Waals surface area contributed by atoms with Crippen molar-refractivity contribution in [2.24, 2.45) is 0 Å². The highest BCUT2D eigenvalue weighted by Crippen LogP contribution is 2.38. The van der Waals surface area contributed by atoms with E-state index in [1.165, 1.54) is 18.4 Å². The number of nitrogens with one attached hydrogen (secondary N) is 1. The minimum Gasteiger partial charge on any atom is -0.497 e. The van der Waals surface area contributed by atoms with Crippen LogP contribution in [0.25, 0.3) is 0 Å². The zero-order chi connectivity index (χ0) is 14.1. The molecule has 1 unspecified atom stereocenters. The average Bonchev–Trinajstić information content (AvgIpc) is 3.23. The van der Waals surface area contributed by atoms with Crippen LogP contribution in [0, 0.1) is 6.92 Å². The maximum atomic E-state index is 5.19. The first kappa shape index (κ1) is 13.0. The minimum atomic E-state index is 0.222. The molecule has 106 valence electrons. The van der Waals surface area contributed by atoms with Crippen LogP contribution in [0.3, 0.4) is 0 Å². The van der Waals surface area contributed by atoms with Crippen LogP contribution < -0.4 is 10.1 Å². The van der Waals surface area contributed by atoms with E-state index in [9.17, 15) is 0 Å². The van der Waals surface area contributed by atoms with E-state index >= 15 is 0 Å². The van der Waals surface area contributed by atoms with Crippen LogP contribution in [-0.2, 0) is 0 Å². The highest BCUT2D eigenvalue weighted by molar-refractivity contribution is 5.37.